The lowest BCUT2D eigenvalue weighted by Gasteiger charge is -2.04. The maximum Gasteiger partial charge on any atom is 0.272 e. The topological polar surface area (TPSA) is 57.0 Å². The Balaban J connectivity index is 2.41. The third-order valence-corrected chi connectivity index (χ3v) is 2.67. The second kappa shape index (κ2) is 6.15. The molecule has 0 atom stereocenters. The zero-order valence-electron chi connectivity index (χ0n) is 9.76. The van der Waals surface area contributed by atoms with Gasteiger partial charge in [-0.15, -0.1) is 5.10 Å². The average Bonchev–Trinajstić information content (AvgIpc) is 2.81. The maximum atomic E-state index is 12.1. The molecule has 0 amide bonds. The van der Waals surface area contributed by atoms with Crippen LogP contribution in [0, 0.1) is 0 Å². The first kappa shape index (κ1) is 14.7. The summed E-state index contributed by atoms with van der Waals surface area (Å²) in [4.78, 5) is 15.3. The summed E-state index contributed by atoms with van der Waals surface area (Å²) in [5.41, 5.74) is -0.0865. The van der Waals surface area contributed by atoms with Gasteiger partial charge >= 0.3 is 0 Å². The van der Waals surface area contributed by atoms with Crippen molar-refractivity contribution in [3.63, 3.8) is 0 Å². The second-order valence-corrected chi connectivity index (χ2v) is 4.31. The summed E-state index contributed by atoms with van der Waals surface area (Å²) in [5, 5.41) is 3.22. The number of rotatable bonds is 5. The molecule has 20 heavy (non-hydrogen) atoms. The van der Waals surface area contributed by atoms with Crippen LogP contribution in [0.25, 0.3) is 5.82 Å². The van der Waals surface area contributed by atoms with Gasteiger partial charge in [0.2, 0.25) is 5.88 Å². The molecule has 2 aromatic heterocycles. The molecule has 0 N–H and O–H groups in total. The van der Waals surface area contributed by atoms with E-state index in [0.717, 1.165) is 10.7 Å². The minimum atomic E-state index is -2.66. The third-order valence-electron chi connectivity index (χ3n) is 2.19. The van der Waals surface area contributed by atoms with Crippen LogP contribution in [0.15, 0.2) is 24.4 Å². The van der Waals surface area contributed by atoms with Crippen molar-refractivity contribution in [2.24, 2.45) is 0 Å². The third kappa shape index (κ3) is 3.23. The van der Waals surface area contributed by atoms with E-state index in [2.05, 4.69) is 10.1 Å². The quantitative estimate of drug-likeness (QED) is 0.794. The van der Waals surface area contributed by atoms with Gasteiger partial charge in [-0.2, -0.15) is 0 Å². The molecule has 2 rings (SSSR count). The molecule has 0 fully saturated rings. The van der Waals surface area contributed by atoms with Gasteiger partial charge in [0.05, 0.1) is 5.02 Å². The van der Waals surface area contributed by atoms with Crippen molar-refractivity contribution in [3.05, 3.63) is 35.1 Å². The molecule has 0 bridgehead atoms. The summed E-state index contributed by atoms with van der Waals surface area (Å²) in [6.45, 7) is -0.844. The molecule has 0 saturated heterocycles. The molecular weight excluding hydrogens is 315 g/mol. The van der Waals surface area contributed by atoms with Crippen molar-refractivity contribution < 1.29 is 18.3 Å². The number of ether oxygens (including phenoxy) is 1. The van der Waals surface area contributed by atoms with Crippen LogP contribution in [-0.4, -0.2) is 33.0 Å². The Hall–Kier alpha value is -1.73. The first-order chi connectivity index (χ1) is 9.49. The van der Waals surface area contributed by atoms with Crippen LogP contribution in [0.2, 0.25) is 5.02 Å². The molecule has 0 unspecified atom stereocenters. The summed E-state index contributed by atoms with van der Waals surface area (Å²) in [6.07, 6.45) is -1.22. The molecule has 0 aliphatic heterocycles. The molecule has 9 heteroatoms. The van der Waals surface area contributed by atoms with Crippen LogP contribution in [0.5, 0.6) is 5.88 Å². The number of nitrogens with zero attached hydrogens (tertiary/aromatic N) is 3. The predicted octanol–water partition coefficient (Wildman–Crippen LogP) is 2.94. The lowest BCUT2D eigenvalue weighted by atomic mass is 10.4. The lowest BCUT2D eigenvalue weighted by molar-refractivity contribution is 0.0794. The van der Waals surface area contributed by atoms with Gasteiger partial charge in [0.25, 0.3) is 11.7 Å². The number of halogens is 4. The molecule has 0 aliphatic carbocycles. The standard InChI is InChI=1S/C11H7Cl2F2N3O2/c12-6-2-1-3-16-11(6)18-7(10(13)19)4-9(17-18)20-5-8(14)15/h1-4,8H,5H2. The Morgan fingerprint density at radius 3 is 2.85 bits per heavy atom. The minimum absolute atomic E-state index is 0.0865. The Morgan fingerprint density at radius 1 is 1.50 bits per heavy atom. The van der Waals surface area contributed by atoms with E-state index in [1.54, 1.807) is 6.07 Å². The molecular formula is C11H7Cl2F2N3O2. The maximum absolute atomic E-state index is 12.1. The molecule has 5 nitrogen and oxygen atoms in total. The van der Waals surface area contributed by atoms with Gasteiger partial charge < -0.3 is 4.74 Å². The summed E-state index contributed by atoms with van der Waals surface area (Å²) < 4.78 is 30.0. The van der Waals surface area contributed by atoms with E-state index in [1.807, 2.05) is 0 Å². The van der Waals surface area contributed by atoms with Crippen molar-refractivity contribution in [1.29, 1.82) is 0 Å². The van der Waals surface area contributed by atoms with Crippen LogP contribution >= 0.6 is 23.2 Å². The Bertz CT molecular complexity index is 634. The number of carbonyl (C=O) groups is 1. The number of aromatic nitrogens is 3. The zero-order chi connectivity index (χ0) is 14.7. The first-order valence-electron chi connectivity index (χ1n) is 5.30. The number of carbonyl (C=O) groups excluding carboxylic acids is 1. The summed E-state index contributed by atoms with van der Waals surface area (Å²) in [5.74, 6) is -0.0268. The molecule has 0 saturated carbocycles. The molecule has 106 valence electrons. The van der Waals surface area contributed by atoms with Gasteiger partial charge in [0.15, 0.2) is 12.4 Å². The molecule has 2 aromatic rings. The number of alkyl halides is 2. The molecule has 0 aromatic carbocycles. The fraction of sp³-hybridized carbons (Fsp3) is 0.182. The van der Waals surface area contributed by atoms with E-state index in [1.165, 1.54) is 12.3 Å². The summed E-state index contributed by atoms with van der Waals surface area (Å²) >= 11 is 11.3. The Kier molecular flexibility index (Phi) is 4.51. The van der Waals surface area contributed by atoms with E-state index in [9.17, 15) is 13.6 Å². The van der Waals surface area contributed by atoms with Gasteiger partial charge in [-0.25, -0.2) is 18.4 Å². The SMILES string of the molecule is O=C(Cl)c1cc(OCC(F)F)nn1-c1ncccc1Cl. The van der Waals surface area contributed by atoms with E-state index >= 15 is 0 Å². The van der Waals surface area contributed by atoms with Crippen LogP contribution in [0.1, 0.15) is 10.5 Å². The van der Waals surface area contributed by atoms with Gasteiger partial charge in [0, 0.05) is 12.3 Å². The van der Waals surface area contributed by atoms with Gasteiger partial charge in [-0.3, -0.25) is 4.79 Å². The monoisotopic (exact) mass is 321 g/mol. The second-order valence-electron chi connectivity index (χ2n) is 3.56. The van der Waals surface area contributed by atoms with Crippen molar-refractivity contribution in [3.8, 4) is 11.7 Å². The smallest absolute Gasteiger partial charge is 0.272 e. The van der Waals surface area contributed by atoms with Crippen molar-refractivity contribution >= 4 is 28.4 Å². The van der Waals surface area contributed by atoms with Gasteiger partial charge in [-0.05, 0) is 23.7 Å². The fourth-order valence-corrected chi connectivity index (χ4v) is 1.75. The van der Waals surface area contributed by atoms with Gasteiger partial charge in [-0.1, -0.05) is 11.6 Å². The summed E-state index contributed by atoms with van der Waals surface area (Å²) in [6, 6.07) is 4.27. The minimum Gasteiger partial charge on any atom is -0.471 e. The Labute approximate surface area is 122 Å². The van der Waals surface area contributed by atoms with Crippen LogP contribution in [0.4, 0.5) is 8.78 Å². The van der Waals surface area contributed by atoms with Gasteiger partial charge in [0.1, 0.15) is 5.69 Å². The van der Waals surface area contributed by atoms with Crippen LogP contribution < -0.4 is 4.74 Å². The normalized spacial score (nSPS) is 10.8. The van der Waals surface area contributed by atoms with E-state index < -0.39 is 18.3 Å². The van der Waals surface area contributed by atoms with Crippen molar-refractivity contribution in [1.82, 2.24) is 14.8 Å². The largest absolute Gasteiger partial charge is 0.471 e. The highest BCUT2D eigenvalue weighted by atomic mass is 35.5. The number of pyridine rings is 1. The molecule has 0 spiro atoms. The molecule has 0 aliphatic rings. The highest BCUT2D eigenvalue weighted by Gasteiger charge is 2.19. The Morgan fingerprint density at radius 2 is 2.25 bits per heavy atom. The van der Waals surface area contributed by atoms with E-state index in [4.69, 9.17) is 27.9 Å². The van der Waals surface area contributed by atoms with Crippen LogP contribution in [-0.2, 0) is 0 Å². The first-order valence-corrected chi connectivity index (χ1v) is 6.06. The van der Waals surface area contributed by atoms with Crippen molar-refractivity contribution in [2.45, 2.75) is 6.43 Å². The lowest BCUT2D eigenvalue weighted by Crippen LogP contribution is -2.09. The highest BCUT2D eigenvalue weighted by Crippen LogP contribution is 2.23. The fourth-order valence-electron chi connectivity index (χ4n) is 1.41. The van der Waals surface area contributed by atoms with E-state index in [0.29, 0.717) is 0 Å². The predicted molar refractivity (Wildman–Crippen MR) is 68.1 cm³/mol. The van der Waals surface area contributed by atoms with Crippen LogP contribution in [0.3, 0.4) is 0 Å². The highest BCUT2D eigenvalue weighted by molar-refractivity contribution is 6.67. The number of hydrogen-bond acceptors (Lipinski definition) is 4. The number of hydrogen-bond donors (Lipinski definition) is 0. The summed E-state index contributed by atoms with van der Waals surface area (Å²) in [7, 11) is 0. The molecule has 2 heterocycles. The van der Waals surface area contributed by atoms with Crippen molar-refractivity contribution in [2.75, 3.05) is 6.61 Å². The molecule has 0 radical (unpaired) electrons. The zero-order valence-corrected chi connectivity index (χ0v) is 11.3. The average molecular weight is 322 g/mol. The van der Waals surface area contributed by atoms with E-state index in [-0.39, 0.29) is 22.4 Å².